The quantitative estimate of drug-likeness (QED) is 0.294. The number of anilines is 2. The molecule has 0 aliphatic rings. The monoisotopic (exact) mass is 496 g/mol. The number of carbonyl (C=O) groups excluding carboxylic acids is 2. The molecule has 0 aliphatic heterocycles. The van der Waals surface area contributed by atoms with E-state index in [1.165, 1.54) is 43.1 Å². The van der Waals surface area contributed by atoms with Crippen molar-refractivity contribution in [2.24, 2.45) is 0 Å². The van der Waals surface area contributed by atoms with Gasteiger partial charge in [-0.3, -0.25) is 10.1 Å². The van der Waals surface area contributed by atoms with Gasteiger partial charge in [-0.25, -0.2) is 9.37 Å². The highest BCUT2D eigenvalue weighted by molar-refractivity contribution is 7.14. The molecule has 0 aliphatic carbocycles. The molecular formula is C27H31FN3O3S-. The van der Waals surface area contributed by atoms with Gasteiger partial charge in [-0.2, -0.15) is 0 Å². The molecule has 0 radical (unpaired) electrons. The Kier molecular flexibility index (Phi) is 10.2. The fourth-order valence-electron chi connectivity index (χ4n) is 3.77. The Balaban J connectivity index is 1.52. The first kappa shape index (κ1) is 26.3. The highest BCUT2D eigenvalue weighted by Gasteiger charge is 2.10. The van der Waals surface area contributed by atoms with Crippen molar-refractivity contribution in [2.75, 3.05) is 10.6 Å². The molecular weight excluding hydrogens is 465 g/mol. The fraction of sp³-hybridized carbons (Fsp3) is 0.370. The van der Waals surface area contributed by atoms with Crippen LogP contribution in [0.1, 0.15) is 72.6 Å². The molecule has 0 atom stereocenters. The highest BCUT2D eigenvalue weighted by Crippen LogP contribution is 2.22. The van der Waals surface area contributed by atoms with E-state index in [0.717, 1.165) is 36.1 Å². The topological polar surface area (TPSA) is 94.2 Å². The van der Waals surface area contributed by atoms with E-state index in [9.17, 15) is 19.1 Å². The Morgan fingerprint density at radius 3 is 2.51 bits per heavy atom. The van der Waals surface area contributed by atoms with Crippen molar-refractivity contribution in [1.29, 1.82) is 0 Å². The van der Waals surface area contributed by atoms with E-state index in [1.807, 2.05) is 12.1 Å². The van der Waals surface area contributed by atoms with Gasteiger partial charge in [0.1, 0.15) is 5.82 Å². The zero-order chi connectivity index (χ0) is 25.0. The van der Waals surface area contributed by atoms with E-state index < -0.39 is 5.97 Å². The molecule has 3 rings (SSSR count). The van der Waals surface area contributed by atoms with E-state index >= 15 is 0 Å². The number of thiazole rings is 1. The van der Waals surface area contributed by atoms with Crippen LogP contribution < -0.4 is 15.7 Å². The number of aryl methyl sites for hydroxylation is 1. The molecule has 0 saturated heterocycles. The number of aliphatic carboxylic acids is 1. The minimum Gasteiger partial charge on any atom is -0.550 e. The van der Waals surface area contributed by atoms with E-state index in [0.29, 0.717) is 22.9 Å². The Morgan fingerprint density at radius 1 is 1.03 bits per heavy atom. The maximum absolute atomic E-state index is 13.8. The van der Waals surface area contributed by atoms with E-state index in [-0.39, 0.29) is 18.1 Å². The maximum Gasteiger partial charge on any atom is 0.257 e. The Morgan fingerprint density at radius 2 is 1.77 bits per heavy atom. The predicted molar refractivity (Wildman–Crippen MR) is 136 cm³/mol. The van der Waals surface area contributed by atoms with E-state index in [4.69, 9.17) is 0 Å². The van der Waals surface area contributed by atoms with Gasteiger partial charge in [0.15, 0.2) is 5.13 Å². The number of benzene rings is 2. The SMILES string of the molecule is CCCCCCCCc1cc(F)ccc1NCc1ccc(C(=O)Nc2nc(CC(=O)[O-])cs2)cc1. The van der Waals surface area contributed by atoms with Crippen molar-refractivity contribution < 1.29 is 19.1 Å². The molecule has 0 unspecified atom stereocenters. The first-order chi connectivity index (χ1) is 16.9. The average Bonchev–Trinajstić information content (AvgIpc) is 3.27. The summed E-state index contributed by atoms with van der Waals surface area (Å²) < 4.78 is 13.8. The summed E-state index contributed by atoms with van der Waals surface area (Å²) in [5, 5.41) is 18.7. The maximum atomic E-state index is 13.8. The van der Waals surface area contributed by atoms with Crippen molar-refractivity contribution in [3.05, 3.63) is 76.0 Å². The number of hydrogen-bond donors (Lipinski definition) is 2. The van der Waals surface area contributed by atoms with Crippen LogP contribution in [0.15, 0.2) is 47.8 Å². The zero-order valence-corrected chi connectivity index (χ0v) is 20.8. The molecule has 0 spiro atoms. The van der Waals surface area contributed by atoms with Crippen LogP contribution in [0.3, 0.4) is 0 Å². The highest BCUT2D eigenvalue weighted by atomic mass is 32.1. The first-order valence-corrected chi connectivity index (χ1v) is 12.9. The smallest absolute Gasteiger partial charge is 0.257 e. The predicted octanol–water partition coefficient (Wildman–Crippen LogP) is 5.34. The summed E-state index contributed by atoms with van der Waals surface area (Å²) in [6.45, 7) is 2.75. The summed E-state index contributed by atoms with van der Waals surface area (Å²) >= 11 is 1.17. The number of carbonyl (C=O) groups is 2. The van der Waals surface area contributed by atoms with Crippen molar-refractivity contribution in [1.82, 2.24) is 4.98 Å². The van der Waals surface area contributed by atoms with Crippen LogP contribution in [-0.2, 0) is 24.2 Å². The molecule has 1 aromatic heterocycles. The largest absolute Gasteiger partial charge is 0.550 e. The number of halogens is 1. The molecule has 186 valence electrons. The lowest BCUT2D eigenvalue weighted by Gasteiger charge is -2.13. The van der Waals surface area contributed by atoms with Gasteiger partial charge in [0.2, 0.25) is 0 Å². The molecule has 8 heteroatoms. The summed E-state index contributed by atoms with van der Waals surface area (Å²) in [5.41, 5.74) is 3.72. The standard InChI is InChI=1S/C27H32FN3O3S/c1-2-3-4-5-6-7-8-21-15-22(28)13-14-24(21)29-17-19-9-11-20(12-10-19)26(34)31-27-30-23(18-35-27)16-25(32)33/h9-15,18,29H,2-8,16-17H2,1H3,(H,32,33)(H,30,31,34)/p-1. The molecule has 2 aromatic carbocycles. The molecule has 0 fully saturated rings. The Hall–Kier alpha value is -3.26. The summed E-state index contributed by atoms with van der Waals surface area (Å²) in [6, 6.07) is 12.0. The molecule has 3 aromatic rings. The third-order valence-corrected chi connectivity index (χ3v) is 6.47. The fourth-order valence-corrected chi connectivity index (χ4v) is 4.48. The van der Waals surface area contributed by atoms with Gasteiger partial charge in [0.25, 0.3) is 5.91 Å². The molecule has 0 saturated carbocycles. The number of nitrogens with one attached hydrogen (secondary N) is 2. The first-order valence-electron chi connectivity index (χ1n) is 12.0. The Bertz CT molecular complexity index is 1120. The number of hydrogen-bond acceptors (Lipinski definition) is 6. The van der Waals surface area contributed by atoms with Crippen LogP contribution in [0.2, 0.25) is 0 Å². The van der Waals surface area contributed by atoms with Crippen LogP contribution >= 0.6 is 11.3 Å². The molecule has 0 bridgehead atoms. The normalized spacial score (nSPS) is 10.8. The number of carboxylic acids is 1. The number of amides is 1. The second-order valence-electron chi connectivity index (χ2n) is 8.52. The lowest BCUT2D eigenvalue weighted by Crippen LogP contribution is -2.24. The summed E-state index contributed by atoms with van der Waals surface area (Å²) in [6.07, 6.45) is 7.71. The molecule has 1 heterocycles. The van der Waals surface area contributed by atoms with Crippen molar-refractivity contribution >= 4 is 34.0 Å². The van der Waals surface area contributed by atoms with Gasteiger partial charge in [-0.1, -0.05) is 51.2 Å². The zero-order valence-electron chi connectivity index (χ0n) is 19.9. The average molecular weight is 497 g/mol. The Labute approximate surface area is 209 Å². The summed E-state index contributed by atoms with van der Waals surface area (Å²) in [4.78, 5) is 27.2. The van der Waals surface area contributed by atoms with Crippen LogP contribution in [0.25, 0.3) is 0 Å². The number of carboxylic acid groups (broad SMARTS) is 1. The minimum atomic E-state index is -1.22. The summed E-state index contributed by atoms with van der Waals surface area (Å²) in [7, 11) is 0. The van der Waals surface area contributed by atoms with E-state index in [1.54, 1.807) is 29.6 Å². The second-order valence-corrected chi connectivity index (χ2v) is 9.37. The second kappa shape index (κ2) is 13.6. The van der Waals surface area contributed by atoms with Gasteiger partial charge < -0.3 is 15.2 Å². The number of aromatic nitrogens is 1. The van der Waals surface area contributed by atoms with Gasteiger partial charge in [-0.15, -0.1) is 11.3 Å². The van der Waals surface area contributed by atoms with Gasteiger partial charge in [0.05, 0.1) is 5.69 Å². The van der Waals surface area contributed by atoms with Gasteiger partial charge in [-0.05, 0) is 54.3 Å². The van der Waals surface area contributed by atoms with Crippen LogP contribution in [0, 0.1) is 5.82 Å². The molecule has 6 nitrogen and oxygen atoms in total. The van der Waals surface area contributed by atoms with Crippen molar-refractivity contribution in [3.8, 4) is 0 Å². The van der Waals surface area contributed by atoms with Crippen LogP contribution in [0.4, 0.5) is 15.2 Å². The number of unbranched alkanes of at least 4 members (excludes halogenated alkanes) is 5. The third kappa shape index (κ3) is 8.79. The molecule has 1 amide bonds. The minimum absolute atomic E-state index is 0.223. The number of rotatable bonds is 14. The summed E-state index contributed by atoms with van der Waals surface area (Å²) in [5.74, 6) is -1.76. The van der Waals surface area contributed by atoms with Gasteiger partial charge >= 0.3 is 0 Å². The molecule has 35 heavy (non-hydrogen) atoms. The van der Waals surface area contributed by atoms with Crippen LogP contribution in [0.5, 0.6) is 0 Å². The van der Waals surface area contributed by atoms with Crippen molar-refractivity contribution in [3.63, 3.8) is 0 Å². The van der Waals surface area contributed by atoms with E-state index in [2.05, 4.69) is 22.5 Å². The third-order valence-electron chi connectivity index (χ3n) is 5.66. The number of nitrogens with zero attached hydrogens (tertiary/aromatic N) is 1. The lowest BCUT2D eigenvalue weighted by molar-refractivity contribution is -0.304. The molecule has 2 N–H and O–H groups in total. The van der Waals surface area contributed by atoms with Crippen molar-refractivity contribution in [2.45, 2.75) is 64.8 Å². The lowest BCUT2D eigenvalue weighted by atomic mass is 10.0. The van der Waals surface area contributed by atoms with Gasteiger partial charge in [0, 0.05) is 35.6 Å². The van der Waals surface area contributed by atoms with Crippen LogP contribution in [-0.4, -0.2) is 16.9 Å².